The lowest BCUT2D eigenvalue weighted by atomic mass is 9.59. The highest BCUT2D eigenvalue weighted by Crippen LogP contribution is 2.46. The first-order valence-corrected chi connectivity index (χ1v) is 10.9. The lowest BCUT2D eigenvalue weighted by Gasteiger charge is -2.48. The molecule has 2 aliphatic rings. The molecule has 24 heavy (non-hydrogen) atoms. The van der Waals surface area contributed by atoms with Crippen LogP contribution in [0.1, 0.15) is 88.0 Å². The van der Waals surface area contributed by atoms with Gasteiger partial charge in [0.1, 0.15) is 0 Å². The van der Waals surface area contributed by atoms with E-state index < -0.39 is 0 Å². The van der Waals surface area contributed by atoms with E-state index in [1.54, 1.807) is 0 Å². The minimum absolute atomic E-state index is 0.421. The predicted octanol–water partition coefficient (Wildman–Crippen LogP) is 5.69. The zero-order chi connectivity index (χ0) is 19.0. The van der Waals surface area contributed by atoms with Gasteiger partial charge in [0.2, 0.25) is 0 Å². The van der Waals surface area contributed by atoms with Gasteiger partial charge in [0.15, 0.2) is 0 Å². The van der Waals surface area contributed by atoms with Crippen molar-refractivity contribution in [2.45, 2.75) is 100 Å². The summed E-state index contributed by atoms with van der Waals surface area (Å²) in [5.41, 5.74) is 12.5. The van der Waals surface area contributed by atoms with Crippen LogP contribution >= 0.6 is 0 Å². The summed E-state index contributed by atoms with van der Waals surface area (Å²) in [4.78, 5) is 0. The Kier molecular flexibility index (Phi) is 11.5. The largest absolute Gasteiger partial charge is 0.327 e. The topological polar surface area (TPSA) is 52.0 Å². The van der Waals surface area contributed by atoms with E-state index in [0.717, 1.165) is 29.6 Å². The van der Waals surface area contributed by atoms with Gasteiger partial charge >= 0.3 is 0 Å². The minimum Gasteiger partial charge on any atom is -0.327 e. The molecule has 2 nitrogen and oxygen atoms in total. The lowest BCUT2D eigenvalue weighted by molar-refractivity contribution is 0.0307. The number of hydrogen-bond donors (Lipinski definition) is 2. The fraction of sp³-hybridized carbons (Fsp3) is 1.00. The molecule has 0 aromatic rings. The maximum absolute atomic E-state index is 6.26. The highest BCUT2D eigenvalue weighted by molar-refractivity contribution is 4.93. The van der Waals surface area contributed by atoms with E-state index in [2.05, 4.69) is 34.6 Å². The van der Waals surface area contributed by atoms with Crippen LogP contribution in [-0.4, -0.2) is 12.1 Å². The average Bonchev–Trinajstić information content (AvgIpc) is 2.61. The van der Waals surface area contributed by atoms with Gasteiger partial charge in [-0.15, -0.1) is 0 Å². The monoisotopic (exact) mass is 340 g/mol. The molecule has 2 aliphatic carbocycles. The van der Waals surface area contributed by atoms with Crippen LogP contribution in [0.3, 0.4) is 0 Å². The summed E-state index contributed by atoms with van der Waals surface area (Å²) in [6, 6.07) is 0.842. The molecule has 0 spiro atoms. The van der Waals surface area contributed by atoms with Crippen LogP contribution in [-0.2, 0) is 0 Å². The Balaban J connectivity index is 0.00000123. The van der Waals surface area contributed by atoms with Gasteiger partial charge in [-0.3, -0.25) is 0 Å². The summed E-state index contributed by atoms with van der Waals surface area (Å²) in [7, 11) is 0. The molecule has 0 heterocycles. The SMILES string of the molecule is CC.CC.CC1C(N)CCC(C(C)C2CCC(N)C(C)C2C)C1C. The molecule has 0 bridgehead atoms. The van der Waals surface area contributed by atoms with Crippen LogP contribution in [0.15, 0.2) is 0 Å². The van der Waals surface area contributed by atoms with E-state index in [1.165, 1.54) is 25.7 Å². The van der Waals surface area contributed by atoms with Crippen LogP contribution in [0.5, 0.6) is 0 Å². The zero-order valence-corrected chi connectivity index (χ0v) is 18.2. The van der Waals surface area contributed by atoms with E-state index in [1.807, 2.05) is 27.7 Å². The summed E-state index contributed by atoms with van der Waals surface area (Å²) >= 11 is 0. The molecule has 2 rings (SSSR count). The molecule has 2 saturated carbocycles. The van der Waals surface area contributed by atoms with Crippen LogP contribution in [0.4, 0.5) is 0 Å². The first-order valence-electron chi connectivity index (χ1n) is 10.9. The molecule has 0 saturated heterocycles. The molecule has 2 heteroatoms. The fourth-order valence-electron chi connectivity index (χ4n) is 5.18. The van der Waals surface area contributed by atoms with Gasteiger partial charge in [0.25, 0.3) is 0 Å². The van der Waals surface area contributed by atoms with E-state index >= 15 is 0 Å². The Morgan fingerprint density at radius 2 is 0.875 bits per heavy atom. The average molecular weight is 341 g/mol. The van der Waals surface area contributed by atoms with E-state index in [-0.39, 0.29) is 0 Å². The Labute approximate surface area is 153 Å². The van der Waals surface area contributed by atoms with Crippen molar-refractivity contribution in [3.63, 3.8) is 0 Å². The molecule has 0 amide bonds. The molecule has 0 aromatic heterocycles. The van der Waals surface area contributed by atoms with E-state index in [0.29, 0.717) is 23.9 Å². The molecule has 2 fully saturated rings. The molecular weight excluding hydrogens is 292 g/mol. The van der Waals surface area contributed by atoms with Gasteiger partial charge in [0, 0.05) is 12.1 Å². The Morgan fingerprint density at radius 1 is 0.583 bits per heavy atom. The third kappa shape index (κ3) is 5.46. The number of nitrogens with two attached hydrogens (primary N) is 2. The van der Waals surface area contributed by atoms with Crippen molar-refractivity contribution in [3.05, 3.63) is 0 Å². The standard InChI is InChI=1S/C18H36N2.2C2H6/c1-10-12(3)17(19)8-6-15(10)14(5)16-7-9-18(20)13(4)11(16)2;2*1-2/h10-18H,6-9,19-20H2,1-5H3;2*1-2H3. The maximum atomic E-state index is 6.26. The first-order chi connectivity index (χ1) is 11.3. The molecular formula is C22H48N2. The van der Waals surface area contributed by atoms with Crippen LogP contribution in [0.25, 0.3) is 0 Å². The van der Waals surface area contributed by atoms with E-state index in [4.69, 9.17) is 11.5 Å². The highest BCUT2D eigenvalue weighted by atomic mass is 14.7. The molecule has 8 atom stereocenters. The first kappa shape index (κ1) is 23.9. The van der Waals surface area contributed by atoms with Gasteiger partial charge in [-0.2, -0.15) is 0 Å². The number of hydrogen-bond acceptors (Lipinski definition) is 2. The Morgan fingerprint density at radius 3 is 1.17 bits per heavy atom. The van der Waals surface area contributed by atoms with Crippen LogP contribution < -0.4 is 11.5 Å². The van der Waals surface area contributed by atoms with Crippen molar-refractivity contribution in [1.29, 1.82) is 0 Å². The molecule has 4 N–H and O–H groups in total. The van der Waals surface area contributed by atoms with Crippen LogP contribution in [0, 0.1) is 41.4 Å². The van der Waals surface area contributed by atoms with Gasteiger partial charge in [-0.25, -0.2) is 0 Å². The predicted molar refractivity (Wildman–Crippen MR) is 110 cm³/mol. The Hall–Kier alpha value is -0.0800. The van der Waals surface area contributed by atoms with Gasteiger partial charge in [0.05, 0.1) is 0 Å². The van der Waals surface area contributed by atoms with Crippen molar-refractivity contribution in [1.82, 2.24) is 0 Å². The Bertz CT molecular complexity index is 287. The molecule has 0 aromatic carbocycles. The molecule has 146 valence electrons. The van der Waals surface area contributed by atoms with Gasteiger partial charge < -0.3 is 11.5 Å². The summed E-state index contributed by atoms with van der Waals surface area (Å²) in [5, 5.41) is 0. The summed E-state index contributed by atoms with van der Waals surface area (Å²) in [6.45, 7) is 20.1. The van der Waals surface area contributed by atoms with Crippen molar-refractivity contribution >= 4 is 0 Å². The minimum atomic E-state index is 0.421. The second-order valence-electron chi connectivity index (χ2n) is 8.11. The van der Waals surface area contributed by atoms with Crippen molar-refractivity contribution < 1.29 is 0 Å². The fourth-order valence-corrected chi connectivity index (χ4v) is 5.18. The third-order valence-corrected chi connectivity index (χ3v) is 7.38. The van der Waals surface area contributed by atoms with Crippen molar-refractivity contribution in [2.75, 3.05) is 0 Å². The quantitative estimate of drug-likeness (QED) is 0.678. The number of rotatable bonds is 2. The lowest BCUT2D eigenvalue weighted by Crippen LogP contribution is -2.47. The summed E-state index contributed by atoms with van der Waals surface area (Å²) in [5.74, 6) is 5.44. The second-order valence-corrected chi connectivity index (χ2v) is 8.11. The van der Waals surface area contributed by atoms with Crippen molar-refractivity contribution in [3.8, 4) is 0 Å². The normalized spacial score (nSPS) is 43.6. The smallest absolute Gasteiger partial charge is 0.00672 e. The molecule has 0 radical (unpaired) electrons. The van der Waals surface area contributed by atoms with Crippen molar-refractivity contribution in [2.24, 2.45) is 52.9 Å². The molecule has 8 unspecified atom stereocenters. The summed E-state index contributed by atoms with van der Waals surface area (Å²) < 4.78 is 0. The van der Waals surface area contributed by atoms with Crippen LogP contribution in [0.2, 0.25) is 0 Å². The summed E-state index contributed by atoms with van der Waals surface area (Å²) in [6.07, 6.45) is 5.10. The second kappa shape index (κ2) is 11.5. The molecule has 0 aliphatic heterocycles. The highest BCUT2D eigenvalue weighted by Gasteiger charge is 2.41. The zero-order valence-electron chi connectivity index (χ0n) is 18.2. The van der Waals surface area contributed by atoms with Gasteiger partial charge in [-0.05, 0) is 67.1 Å². The maximum Gasteiger partial charge on any atom is 0.00672 e. The van der Waals surface area contributed by atoms with Gasteiger partial charge in [-0.1, -0.05) is 62.3 Å². The third-order valence-electron chi connectivity index (χ3n) is 7.38. The van der Waals surface area contributed by atoms with E-state index in [9.17, 15) is 0 Å².